The van der Waals surface area contributed by atoms with Crippen molar-refractivity contribution in [2.75, 3.05) is 32.7 Å². The van der Waals surface area contributed by atoms with Gasteiger partial charge in [-0.15, -0.1) is 0 Å². The maximum atomic E-state index is 11.8. The van der Waals surface area contributed by atoms with E-state index < -0.39 is 16.7 Å². The number of carbonyl (C=O) groups is 1. The number of methoxy groups -OCH3 is 2. The lowest BCUT2D eigenvalue weighted by Crippen LogP contribution is -2.39. The van der Waals surface area contributed by atoms with Crippen LogP contribution < -0.4 is 15.4 Å². The minimum absolute atomic E-state index is 0.0822. The van der Waals surface area contributed by atoms with Gasteiger partial charge in [0.2, 0.25) is 11.7 Å². The normalized spacial score (nSPS) is 11.6. The van der Waals surface area contributed by atoms with Crippen LogP contribution in [0.1, 0.15) is 6.92 Å². The summed E-state index contributed by atoms with van der Waals surface area (Å²) in [7, 11) is 2.78. The second-order valence-corrected chi connectivity index (χ2v) is 3.99. The number of hydrogen-bond donors (Lipinski definition) is 2. The van der Waals surface area contributed by atoms with Gasteiger partial charge in [-0.3, -0.25) is 14.9 Å². The minimum Gasteiger partial charge on any atom is -0.476 e. The molecule has 2 N–H and O–H groups in total. The van der Waals surface area contributed by atoms with Crippen LogP contribution in [0.5, 0.6) is 5.88 Å². The van der Waals surface area contributed by atoms with Crippen molar-refractivity contribution in [2.24, 2.45) is 0 Å². The predicted molar refractivity (Wildman–Crippen MR) is 73.2 cm³/mol. The lowest BCUT2D eigenvalue weighted by Gasteiger charge is -2.14. The molecule has 1 atom stereocenters. The number of carbonyl (C=O) groups excluding carboxylic acids is 1. The van der Waals surface area contributed by atoms with Crippen molar-refractivity contribution in [1.29, 1.82) is 0 Å². The average molecular weight is 299 g/mol. The summed E-state index contributed by atoms with van der Waals surface area (Å²) in [6.07, 6.45) is 1.11. The summed E-state index contributed by atoms with van der Waals surface area (Å²) in [5.41, 5.74) is -0.420. The van der Waals surface area contributed by atoms with Crippen LogP contribution in [0.25, 0.3) is 0 Å². The fraction of sp³-hybridized carbons (Fsp3) is 0.545. The number of anilines is 1. The van der Waals surface area contributed by atoms with Crippen molar-refractivity contribution in [3.63, 3.8) is 0 Å². The fourth-order valence-electron chi connectivity index (χ4n) is 1.48. The zero-order valence-electron chi connectivity index (χ0n) is 12.0. The predicted octanol–water partition coefficient (Wildman–Crippen LogP) is -0.0436. The Morgan fingerprint density at radius 1 is 1.48 bits per heavy atom. The molecule has 1 rings (SSSR count). The molecule has 0 saturated carbocycles. The first-order valence-corrected chi connectivity index (χ1v) is 6.07. The number of hydrogen-bond acceptors (Lipinski definition) is 8. The first-order valence-electron chi connectivity index (χ1n) is 6.07. The molecule has 0 aliphatic carbocycles. The van der Waals surface area contributed by atoms with Gasteiger partial charge in [0.15, 0.2) is 0 Å². The quantitative estimate of drug-likeness (QED) is 0.388. The number of ether oxygens (including phenoxy) is 2. The lowest BCUT2D eigenvalue weighted by atomic mass is 10.3. The molecule has 0 aliphatic heterocycles. The summed E-state index contributed by atoms with van der Waals surface area (Å²) in [6.45, 7) is 2.27. The van der Waals surface area contributed by atoms with Gasteiger partial charge in [-0.25, -0.2) is 4.98 Å². The second kappa shape index (κ2) is 7.94. The van der Waals surface area contributed by atoms with Crippen LogP contribution in [0.3, 0.4) is 0 Å². The van der Waals surface area contributed by atoms with E-state index in [-0.39, 0.29) is 17.6 Å². The van der Waals surface area contributed by atoms with Crippen molar-refractivity contribution in [2.45, 2.75) is 13.0 Å². The van der Waals surface area contributed by atoms with Crippen LogP contribution in [0, 0.1) is 10.1 Å². The van der Waals surface area contributed by atoms with Gasteiger partial charge in [-0.05, 0) is 6.92 Å². The molecule has 1 unspecified atom stereocenters. The standard InChI is InChI=1S/C11H17N5O5/c1-7(10(17)12-4-5-20-2)15-9-8(16(18)19)11(21-3)14-6-13-9/h6-7H,4-5H2,1-3H3,(H,12,17)(H,13,14,15). The van der Waals surface area contributed by atoms with Gasteiger partial charge in [0.1, 0.15) is 12.4 Å². The molecule has 10 nitrogen and oxygen atoms in total. The molecule has 0 aromatic carbocycles. The van der Waals surface area contributed by atoms with E-state index >= 15 is 0 Å². The molecule has 1 amide bonds. The SMILES string of the molecule is COCCNC(=O)C(C)Nc1ncnc(OC)c1[N+](=O)[O-]. The Morgan fingerprint density at radius 2 is 2.19 bits per heavy atom. The summed E-state index contributed by atoms with van der Waals surface area (Å²) < 4.78 is 9.63. The zero-order valence-corrected chi connectivity index (χ0v) is 12.0. The van der Waals surface area contributed by atoms with Gasteiger partial charge in [0.25, 0.3) is 5.88 Å². The Kier molecular flexibility index (Phi) is 6.27. The molecule has 21 heavy (non-hydrogen) atoms. The van der Waals surface area contributed by atoms with Gasteiger partial charge in [0, 0.05) is 13.7 Å². The van der Waals surface area contributed by atoms with Gasteiger partial charge >= 0.3 is 5.69 Å². The molecule has 0 radical (unpaired) electrons. The summed E-state index contributed by atoms with van der Waals surface area (Å²) in [5.74, 6) is -0.593. The Hall–Kier alpha value is -2.49. The first-order chi connectivity index (χ1) is 10.0. The van der Waals surface area contributed by atoms with Crippen LogP contribution in [0.15, 0.2) is 6.33 Å². The highest BCUT2D eigenvalue weighted by Crippen LogP contribution is 2.30. The first kappa shape index (κ1) is 16.6. The third-order valence-corrected chi connectivity index (χ3v) is 2.52. The van der Waals surface area contributed by atoms with Crippen molar-refractivity contribution < 1.29 is 19.2 Å². The third-order valence-electron chi connectivity index (χ3n) is 2.52. The molecule has 0 bridgehead atoms. The molecule has 0 spiro atoms. The summed E-state index contributed by atoms with van der Waals surface area (Å²) in [6, 6.07) is -0.722. The average Bonchev–Trinajstić information content (AvgIpc) is 2.46. The van der Waals surface area contributed by atoms with Gasteiger partial charge < -0.3 is 20.1 Å². The molecule has 116 valence electrons. The van der Waals surface area contributed by atoms with Crippen LogP contribution in [-0.2, 0) is 9.53 Å². The monoisotopic (exact) mass is 299 g/mol. The van der Waals surface area contributed by atoms with E-state index in [2.05, 4.69) is 20.6 Å². The highest BCUT2D eigenvalue weighted by atomic mass is 16.6. The van der Waals surface area contributed by atoms with E-state index in [1.807, 2.05) is 0 Å². The molecule has 0 fully saturated rings. The molecule has 10 heteroatoms. The summed E-state index contributed by atoms with van der Waals surface area (Å²) >= 11 is 0. The molecule has 0 aliphatic rings. The molecule has 1 aromatic rings. The van der Waals surface area contributed by atoms with Crippen LogP contribution in [-0.4, -0.2) is 54.2 Å². The number of aromatic nitrogens is 2. The number of nitrogens with one attached hydrogen (secondary N) is 2. The van der Waals surface area contributed by atoms with Crippen molar-refractivity contribution in [1.82, 2.24) is 15.3 Å². The van der Waals surface area contributed by atoms with Crippen LogP contribution in [0.2, 0.25) is 0 Å². The van der Waals surface area contributed by atoms with E-state index in [1.165, 1.54) is 14.2 Å². The Morgan fingerprint density at radius 3 is 2.76 bits per heavy atom. The zero-order chi connectivity index (χ0) is 15.8. The van der Waals surface area contributed by atoms with E-state index in [4.69, 9.17) is 9.47 Å². The maximum absolute atomic E-state index is 11.8. The highest BCUT2D eigenvalue weighted by molar-refractivity contribution is 5.84. The van der Waals surface area contributed by atoms with E-state index in [0.717, 1.165) is 6.33 Å². The summed E-state index contributed by atoms with van der Waals surface area (Å²) in [5, 5.41) is 16.3. The molecular formula is C11H17N5O5. The minimum atomic E-state index is -0.722. The highest BCUT2D eigenvalue weighted by Gasteiger charge is 2.26. The number of nitrogens with zero attached hydrogens (tertiary/aromatic N) is 3. The molecular weight excluding hydrogens is 282 g/mol. The number of nitro groups is 1. The number of rotatable bonds is 8. The van der Waals surface area contributed by atoms with E-state index in [1.54, 1.807) is 6.92 Å². The van der Waals surface area contributed by atoms with Crippen LogP contribution in [0.4, 0.5) is 11.5 Å². The maximum Gasteiger partial charge on any atom is 0.372 e. The Balaban J connectivity index is 2.82. The Bertz CT molecular complexity index is 510. The second-order valence-electron chi connectivity index (χ2n) is 3.99. The molecule has 0 saturated heterocycles. The van der Waals surface area contributed by atoms with Gasteiger partial charge in [-0.1, -0.05) is 0 Å². The van der Waals surface area contributed by atoms with Crippen molar-refractivity contribution in [3.05, 3.63) is 16.4 Å². The fourth-order valence-corrected chi connectivity index (χ4v) is 1.48. The van der Waals surface area contributed by atoms with Crippen molar-refractivity contribution in [3.8, 4) is 5.88 Å². The van der Waals surface area contributed by atoms with Gasteiger partial charge in [0.05, 0.1) is 18.6 Å². The lowest BCUT2D eigenvalue weighted by molar-refractivity contribution is -0.385. The van der Waals surface area contributed by atoms with E-state index in [0.29, 0.717) is 13.2 Å². The van der Waals surface area contributed by atoms with E-state index in [9.17, 15) is 14.9 Å². The summed E-state index contributed by atoms with van der Waals surface area (Å²) in [4.78, 5) is 29.6. The van der Waals surface area contributed by atoms with Gasteiger partial charge in [-0.2, -0.15) is 4.98 Å². The van der Waals surface area contributed by atoms with Crippen molar-refractivity contribution >= 4 is 17.4 Å². The molecule has 1 aromatic heterocycles. The third kappa shape index (κ3) is 4.53. The number of amides is 1. The smallest absolute Gasteiger partial charge is 0.372 e. The molecule has 1 heterocycles. The Labute approximate surface area is 121 Å². The topological polar surface area (TPSA) is 129 Å². The van der Waals surface area contributed by atoms with Crippen LogP contribution >= 0.6 is 0 Å². The largest absolute Gasteiger partial charge is 0.476 e.